The lowest BCUT2D eigenvalue weighted by Gasteiger charge is -2.11. The highest BCUT2D eigenvalue weighted by Crippen LogP contribution is 2.21. The zero-order valence-corrected chi connectivity index (χ0v) is 8.60. The molecular weight excluding hydrogens is 238 g/mol. The molecule has 1 aliphatic heterocycles. The minimum atomic E-state index is 0.0553. The van der Waals surface area contributed by atoms with Gasteiger partial charge in [-0.25, -0.2) is 4.68 Å². The van der Waals surface area contributed by atoms with Crippen molar-refractivity contribution >= 4 is 27.8 Å². The van der Waals surface area contributed by atoms with Crippen molar-refractivity contribution in [3.63, 3.8) is 0 Å². The lowest BCUT2D eigenvalue weighted by molar-refractivity contribution is -0.117. The van der Waals surface area contributed by atoms with Gasteiger partial charge in [-0.3, -0.25) is 9.69 Å². The molecule has 6 nitrogen and oxygen atoms in total. The number of halogens is 1. The van der Waals surface area contributed by atoms with Crippen LogP contribution >= 0.6 is 15.9 Å². The largest absolute Gasteiger partial charge is 0.278 e. The van der Waals surface area contributed by atoms with Crippen LogP contribution in [-0.2, 0) is 11.8 Å². The summed E-state index contributed by atoms with van der Waals surface area (Å²) in [6.07, 6.45) is 0.507. The Kier molecular flexibility index (Phi) is 2.03. The lowest BCUT2D eigenvalue weighted by atomic mass is 10.4. The molecule has 0 aliphatic carbocycles. The van der Waals surface area contributed by atoms with Gasteiger partial charge in [0, 0.05) is 24.8 Å². The van der Waals surface area contributed by atoms with Crippen LogP contribution in [0.4, 0.5) is 5.95 Å². The van der Waals surface area contributed by atoms with Gasteiger partial charge >= 0.3 is 0 Å². The lowest BCUT2D eigenvalue weighted by Crippen LogP contribution is -2.27. The van der Waals surface area contributed by atoms with Gasteiger partial charge in [0.2, 0.25) is 5.91 Å². The van der Waals surface area contributed by atoms with Crippen LogP contribution in [0.2, 0.25) is 0 Å². The van der Waals surface area contributed by atoms with E-state index in [2.05, 4.69) is 31.5 Å². The summed E-state index contributed by atoms with van der Waals surface area (Å²) in [5.41, 5.74) is 0. The number of nitrogens with zero attached hydrogens (tertiary/aromatic N) is 5. The van der Waals surface area contributed by atoms with Gasteiger partial charge in [-0.05, 0) is 10.4 Å². The quantitative estimate of drug-likeness (QED) is 0.639. The first-order valence-electron chi connectivity index (χ1n) is 3.85. The second-order valence-electron chi connectivity index (χ2n) is 2.91. The number of hydrogen-bond donors (Lipinski definition) is 0. The zero-order valence-electron chi connectivity index (χ0n) is 7.01. The summed E-state index contributed by atoms with van der Waals surface area (Å²) in [7, 11) is 1.71. The number of anilines is 1. The zero-order chi connectivity index (χ0) is 9.42. The smallest absolute Gasteiger partial charge is 0.251 e. The first-order chi connectivity index (χ1) is 6.18. The molecule has 7 heteroatoms. The van der Waals surface area contributed by atoms with Crippen molar-refractivity contribution in [3.05, 3.63) is 0 Å². The second-order valence-corrected chi connectivity index (χ2v) is 4.20. The number of alkyl halides is 1. The maximum absolute atomic E-state index is 11.4. The second kappa shape index (κ2) is 3.06. The summed E-state index contributed by atoms with van der Waals surface area (Å²) < 4.78 is 1.49. The van der Waals surface area contributed by atoms with Crippen molar-refractivity contribution in [2.45, 2.75) is 11.2 Å². The van der Waals surface area contributed by atoms with Gasteiger partial charge in [-0.15, -0.1) is 0 Å². The molecule has 0 aromatic carbocycles. The predicted molar refractivity (Wildman–Crippen MR) is 48.5 cm³/mol. The summed E-state index contributed by atoms with van der Waals surface area (Å²) >= 11 is 3.39. The molecule has 1 atom stereocenters. The number of tetrazole rings is 1. The molecule has 0 bridgehead atoms. The van der Waals surface area contributed by atoms with Crippen LogP contribution in [-0.4, -0.2) is 37.5 Å². The minimum Gasteiger partial charge on any atom is -0.278 e. The highest BCUT2D eigenvalue weighted by Gasteiger charge is 2.31. The van der Waals surface area contributed by atoms with Crippen molar-refractivity contribution in [3.8, 4) is 0 Å². The van der Waals surface area contributed by atoms with Gasteiger partial charge in [0.25, 0.3) is 5.95 Å². The molecule has 13 heavy (non-hydrogen) atoms. The Labute approximate surface area is 83.0 Å². The van der Waals surface area contributed by atoms with Crippen molar-refractivity contribution in [1.82, 2.24) is 20.2 Å². The first kappa shape index (κ1) is 8.61. The topological polar surface area (TPSA) is 63.9 Å². The van der Waals surface area contributed by atoms with Crippen molar-refractivity contribution in [1.29, 1.82) is 0 Å². The number of carbonyl (C=O) groups excluding carboxylic acids is 1. The molecule has 2 rings (SSSR count). The average Bonchev–Trinajstić information content (AvgIpc) is 2.58. The number of amides is 1. The van der Waals surface area contributed by atoms with Crippen LogP contribution in [0.1, 0.15) is 6.42 Å². The van der Waals surface area contributed by atoms with Crippen LogP contribution < -0.4 is 4.90 Å². The molecule has 0 saturated carbocycles. The van der Waals surface area contributed by atoms with Gasteiger partial charge in [0.15, 0.2) is 0 Å². The van der Waals surface area contributed by atoms with E-state index < -0.39 is 0 Å². The van der Waals surface area contributed by atoms with E-state index in [4.69, 9.17) is 0 Å². The Balaban J connectivity index is 2.27. The van der Waals surface area contributed by atoms with E-state index >= 15 is 0 Å². The SMILES string of the molecule is Cn1nnnc1N1CC(Br)CC1=O. The van der Waals surface area contributed by atoms with Gasteiger partial charge in [0.05, 0.1) is 0 Å². The maximum atomic E-state index is 11.4. The van der Waals surface area contributed by atoms with Crippen LogP contribution in [0.3, 0.4) is 0 Å². The molecule has 0 spiro atoms. The molecule has 0 N–H and O–H groups in total. The Morgan fingerprint density at radius 3 is 2.85 bits per heavy atom. The van der Waals surface area contributed by atoms with Crippen molar-refractivity contribution < 1.29 is 4.79 Å². The molecule has 1 aliphatic rings. The Bertz CT molecular complexity index is 338. The fourth-order valence-corrected chi connectivity index (χ4v) is 1.88. The van der Waals surface area contributed by atoms with Gasteiger partial charge in [-0.2, -0.15) is 0 Å². The third-order valence-electron chi connectivity index (χ3n) is 1.92. The summed E-state index contributed by atoms with van der Waals surface area (Å²) in [6.45, 7) is 0.632. The summed E-state index contributed by atoms with van der Waals surface area (Å²) in [4.78, 5) is 13.2. The highest BCUT2D eigenvalue weighted by atomic mass is 79.9. The van der Waals surface area contributed by atoms with Gasteiger partial charge < -0.3 is 0 Å². The minimum absolute atomic E-state index is 0.0553. The summed E-state index contributed by atoms with van der Waals surface area (Å²) in [6, 6.07) is 0. The van der Waals surface area contributed by atoms with Gasteiger partial charge in [0.1, 0.15) is 0 Å². The first-order valence-corrected chi connectivity index (χ1v) is 4.77. The summed E-state index contributed by atoms with van der Waals surface area (Å²) in [5, 5.41) is 10.9. The normalized spacial score (nSPS) is 22.8. The number of carbonyl (C=O) groups is 1. The molecule has 1 aromatic rings. The van der Waals surface area contributed by atoms with Crippen LogP contribution in [0, 0.1) is 0 Å². The number of aromatic nitrogens is 4. The maximum Gasteiger partial charge on any atom is 0.251 e. The molecule has 1 amide bonds. The fraction of sp³-hybridized carbons (Fsp3) is 0.667. The van der Waals surface area contributed by atoms with E-state index in [0.29, 0.717) is 18.9 Å². The molecular formula is C6H8BrN5O. The van der Waals surface area contributed by atoms with Crippen molar-refractivity contribution in [2.24, 2.45) is 7.05 Å². The Hall–Kier alpha value is -0.980. The van der Waals surface area contributed by atoms with Crippen LogP contribution in [0.5, 0.6) is 0 Å². The van der Waals surface area contributed by atoms with E-state index in [9.17, 15) is 4.79 Å². The highest BCUT2D eigenvalue weighted by molar-refractivity contribution is 9.09. The van der Waals surface area contributed by atoms with E-state index in [1.165, 1.54) is 4.68 Å². The van der Waals surface area contributed by atoms with E-state index in [1.54, 1.807) is 11.9 Å². The average molecular weight is 246 g/mol. The Morgan fingerprint density at radius 2 is 2.38 bits per heavy atom. The van der Waals surface area contributed by atoms with Gasteiger partial charge in [-0.1, -0.05) is 21.0 Å². The number of hydrogen-bond acceptors (Lipinski definition) is 4. The molecule has 1 unspecified atom stereocenters. The van der Waals surface area contributed by atoms with E-state index in [1.807, 2.05) is 0 Å². The summed E-state index contributed by atoms with van der Waals surface area (Å²) in [5.74, 6) is 0.562. The number of aryl methyl sites for hydroxylation is 1. The molecule has 1 fully saturated rings. The third kappa shape index (κ3) is 1.43. The Morgan fingerprint density at radius 1 is 1.62 bits per heavy atom. The molecule has 0 radical (unpaired) electrons. The van der Waals surface area contributed by atoms with Crippen molar-refractivity contribution in [2.75, 3.05) is 11.4 Å². The molecule has 1 saturated heterocycles. The standard InChI is InChI=1S/C6H8BrN5O/c1-11-6(8-9-10-11)12-3-4(7)2-5(12)13/h4H,2-3H2,1H3. The third-order valence-corrected chi connectivity index (χ3v) is 2.53. The molecule has 70 valence electrons. The predicted octanol–water partition coefficient (Wildman–Crippen LogP) is -0.290. The van der Waals surface area contributed by atoms with Crippen LogP contribution in [0.25, 0.3) is 0 Å². The van der Waals surface area contributed by atoms with E-state index in [-0.39, 0.29) is 10.7 Å². The van der Waals surface area contributed by atoms with Crippen LogP contribution in [0.15, 0.2) is 0 Å². The number of rotatable bonds is 1. The molecule has 2 heterocycles. The fourth-order valence-electron chi connectivity index (χ4n) is 1.31. The molecule has 1 aromatic heterocycles. The van der Waals surface area contributed by atoms with E-state index in [0.717, 1.165) is 0 Å². The monoisotopic (exact) mass is 245 g/mol.